The quantitative estimate of drug-likeness (QED) is 0.471. The molecule has 3 N–H and O–H groups in total. The number of hydrogen-bond acceptors (Lipinski definition) is 7. The Bertz CT molecular complexity index is 1330. The number of aryl methyl sites for hydroxylation is 2. The van der Waals surface area contributed by atoms with Crippen LogP contribution in [0.4, 0.5) is 35.2 Å². The third-order valence-electron chi connectivity index (χ3n) is 6.05. The van der Waals surface area contributed by atoms with Crippen molar-refractivity contribution in [2.45, 2.75) is 39.4 Å². The lowest BCUT2D eigenvalue weighted by molar-refractivity contribution is -0.192. The van der Waals surface area contributed by atoms with E-state index in [4.69, 9.17) is 9.90 Å². The van der Waals surface area contributed by atoms with Gasteiger partial charge in [0.2, 0.25) is 5.78 Å². The van der Waals surface area contributed by atoms with Gasteiger partial charge in [0.25, 0.3) is 0 Å². The Kier molecular flexibility index (Phi) is 7.21. The Labute approximate surface area is 210 Å². The van der Waals surface area contributed by atoms with Gasteiger partial charge in [-0.05, 0) is 33.3 Å². The number of piperazine rings is 1. The van der Waals surface area contributed by atoms with Gasteiger partial charge in [0.05, 0.1) is 17.1 Å². The first-order valence-corrected chi connectivity index (χ1v) is 11.6. The molecule has 0 spiro atoms. The summed E-state index contributed by atoms with van der Waals surface area (Å²) in [5.74, 6) is -1.38. The molecule has 0 bridgehead atoms. The van der Waals surface area contributed by atoms with E-state index >= 15 is 0 Å². The topological polar surface area (TPSA) is 128 Å². The number of anilines is 3. The summed E-state index contributed by atoms with van der Waals surface area (Å²) in [6.45, 7) is 9.49. The summed E-state index contributed by atoms with van der Waals surface area (Å²) >= 11 is 0. The first kappa shape index (κ1) is 26.1. The smallest absolute Gasteiger partial charge is 0.475 e. The molecule has 3 aromatic heterocycles. The monoisotopic (exact) mass is 520 g/mol. The normalized spacial score (nSPS) is 17.3. The van der Waals surface area contributed by atoms with Crippen LogP contribution >= 0.6 is 0 Å². The summed E-state index contributed by atoms with van der Waals surface area (Å²) in [5.41, 5.74) is 4.63. The van der Waals surface area contributed by atoms with E-state index < -0.39 is 12.1 Å². The lowest BCUT2D eigenvalue weighted by atomic mass is 10.1. The predicted molar refractivity (Wildman–Crippen MR) is 130 cm³/mol. The van der Waals surface area contributed by atoms with Crippen LogP contribution in [0, 0.1) is 13.8 Å². The van der Waals surface area contributed by atoms with Crippen LogP contribution in [0.2, 0.25) is 0 Å². The molecule has 3 aromatic rings. The summed E-state index contributed by atoms with van der Waals surface area (Å²) in [6.07, 6.45) is 1.28. The van der Waals surface area contributed by atoms with Crippen LogP contribution in [0.15, 0.2) is 24.7 Å². The summed E-state index contributed by atoms with van der Waals surface area (Å²) in [6, 6.07) is 2.33. The molecule has 2 aliphatic rings. The molecule has 1 atom stereocenters. The number of alkyl halides is 3. The fourth-order valence-corrected chi connectivity index (χ4v) is 4.35. The van der Waals surface area contributed by atoms with E-state index in [2.05, 4.69) is 43.5 Å². The molecule has 1 fully saturated rings. The molecule has 14 heteroatoms. The van der Waals surface area contributed by atoms with Crippen molar-refractivity contribution < 1.29 is 27.9 Å². The molecule has 37 heavy (non-hydrogen) atoms. The number of amides is 2. The van der Waals surface area contributed by atoms with Crippen molar-refractivity contribution in [3.63, 3.8) is 0 Å². The highest BCUT2D eigenvalue weighted by atomic mass is 19.4. The van der Waals surface area contributed by atoms with Gasteiger partial charge in [0, 0.05) is 62.1 Å². The lowest BCUT2D eigenvalue weighted by Gasteiger charge is -2.34. The van der Waals surface area contributed by atoms with E-state index in [0.717, 1.165) is 48.8 Å². The van der Waals surface area contributed by atoms with Crippen molar-refractivity contribution in [2.75, 3.05) is 41.3 Å². The van der Waals surface area contributed by atoms with Crippen LogP contribution in [-0.4, -0.2) is 74.9 Å². The van der Waals surface area contributed by atoms with Crippen LogP contribution in [0.5, 0.6) is 0 Å². The number of carbonyl (C=O) groups excluding carboxylic acids is 1. The summed E-state index contributed by atoms with van der Waals surface area (Å²) in [7, 11) is 0. The number of carboxylic acid groups (broad SMARTS) is 1. The molecule has 198 valence electrons. The highest BCUT2D eigenvalue weighted by Crippen LogP contribution is 2.34. The van der Waals surface area contributed by atoms with Gasteiger partial charge >= 0.3 is 18.2 Å². The van der Waals surface area contributed by atoms with E-state index in [1.165, 1.54) is 5.69 Å². The molecule has 2 amide bonds. The first-order chi connectivity index (χ1) is 17.4. The SMILES string of the molecule is Cc1cn2cc(NC(=O)N3CCc4c(N5CCN[C@H](C)C5)ccnc43)c(C)nc2n1.O=C(O)C(F)(F)F. The lowest BCUT2D eigenvalue weighted by Crippen LogP contribution is -2.49. The van der Waals surface area contributed by atoms with Crippen LogP contribution in [-0.2, 0) is 11.2 Å². The van der Waals surface area contributed by atoms with Crippen molar-refractivity contribution in [3.8, 4) is 0 Å². The average molecular weight is 521 g/mol. The van der Waals surface area contributed by atoms with Gasteiger partial charge < -0.3 is 20.6 Å². The van der Waals surface area contributed by atoms with Crippen LogP contribution in [0.3, 0.4) is 0 Å². The second kappa shape index (κ2) is 10.2. The maximum atomic E-state index is 13.1. The molecule has 0 aliphatic carbocycles. The minimum atomic E-state index is -5.08. The van der Waals surface area contributed by atoms with Crippen molar-refractivity contribution in [2.24, 2.45) is 0 Å². The molecule has 5 heterocycles. The highest BCUT2D eigenvalue weighted by Gasteiger charge is 2.38. The summed E-state index contributed by atoms with van der Waals surface area (Å²) < 4.78 is 33.6. The Balaban J connectivity index is 0.000000405. The van der Waals surface area contributed by atoms with E-state index in [1.54, 1.807) is 11.1 Å². The molecule has 5 rings (SSSR count). The molecule has 0 unspecified atom stereocenters. The van der Waals surface area contributed by atoms with Gasteiger partial charge in [0.15, 0.2) is 0 Å². The Morgan fingerprint density at radius 2 is 1.92 bits per heavy atom. The van der Waals surface area contributed by atoms with Crippen molar-refractivity contribution in [3.05, 3.63) is 41.6 Å². The zero-order chi connectivity index (χ0) is 26.9. The number of imidazole rings is 1. The van der Waals surface area contributed by atoms with Gasteiger partial charge in [0.1, 0.15) is 5.82 Å². The molecule has 0 aromatic carbocycles. The van der Waals surface area contributed by atoms with E-state index in [0.29, 0.717) is 24.1 Å². The standard InChI is InChI=1S/C21H26N8O.C2HF3O2/c1-13-10-27(9-7-22-13)18-4-6-23-19-16(18)5-8-29(19)21(30)26-17-12-28-11-14(2)24-20(28)25-15(17)3;3-2(4,5)1(6)7/h4,6,11-13,22H,5,7-10H2,1-3H3,(H,26,30);(H,6,7)/t13-;/m1./s1. The van der Waals surface area contributed by atoms with E-state index in [9.17, 15) is 18.0 Å². The molecular weight excluding hydrogens is 493 g/mol. The maximum absolute atomic E-state index is 13.1. The number of fused-ring (bicyclic) bond motifs is 2. The molecular formula is C23H27F3N8O3. The van der Waals surface area contributed by atoms with Crippen molar-refractivity contribution in [1.29, 1.82) is 0 Å². The van der Waals surface area contributed by atoms with Gasteiger partial charge in [-0.25, -0.2) is 24.5 Å². The number of urea groups is 1. The second-order valence-corrected chi connectivity index (χ2v) is 8.90. The third-order valence-corrected chi connectivity index (χ3v) is 6.05. The number of halogens is 3. The number of nitrogens with zero attached hydrogens (tertiary/aromatic N) is 6. The van der Waals surface area contributed by atoms with Crippen LogP contribution in [0.1, 0.15) is 23.9 Å². The third kappa shape index (κ3) is 5.74. The summed E-state index contributed by atoms with van der Waals surface area (Å²) in [4.78, 5) is 39.5. The number of aromatic nitrogens is 4. The first-order valence-electron chi connectivity index (χ1n) is 11.6. The molecule has 0 saturated carbocycles. The number of nitrogens with one attached hydrogen (secondary N) is 2. The zero-order valence-electron chi connectivity index (χ0n) is 20.5. The van der Waals surface area contributed by atoms with Crippen molar-refractivity contribution in [1.82, 2.24) is 24.7 Å². The van der Waals surface area contributed by atoms with Gasteiger partial charge in [-0.2, -0.15) is 13.2 Å². The summed E-state index contributed by atoms with van der Waals surface area (Å²) in [5, 5.41) is 13.6. The Morgan fingerprint density at radius 1 is 1.19 bits per heavy atom. The number of carbonyl (C=O) groups is 2. The molecule has 2 aliphatic heterocycles. The number of aliphatic carboxylic acids is 1. The Hall–Kier alpha value is -3.94. The van der Waals surface area contributed by atoms with Crippen LogP contribution in [0.25, 0.3) is 5.78 Å². The van der Waals surface area contributed by atoms with Gasteiger partial charge in [-0.1, -0.05) is 0 Å². The number of rotatable bonds is 2. The molecule has 11 nitrogen and oxygen atoms in total. The zero-order valence-corrected chi connectivity index (χ0v) is 20.5. The molecule has 1 saturated heterocycles. The Morgan fingerprint density at radius 3 is 2.59 bits per heavy atom. The molecule has 0 radical (unpaired) electrons. The number of pyridine rings is 1. The largest absolute Gasteiger partial charge is 0.490 e. The van der Waals surface area contributed by atoms with E-state index in [-0.39, 0.29) is 6.03 Å². The highest BCUT2D eigenvalue weighted by molar-refractivity contribution is 6.03. The average Bonchev–Trinajstić information content (AvgIpc) is 3.41. The fraction of sp³-hybridized carbons (Fsp3) is 0.435. The van der Waals surface area contributed by atoms with E-state index in [1.807, 2.05) is 30.6 Å². The van der Waals surface area contributed by atoms with Gasteiger partial charge in [-0.15, -0.1) is 0 Å². The van der Waals surface area contributed by atoms with Crippen molar-refractivity contribution >= 4 is 35.0 Å². The second-order valence-electron chi connectivity index (χ2n) is 8.90. The van der Waals surface area contributed by atoms with Gasteiger partial charge in [-0.3, -0.25) is 9.30 Å². The maximum Gasteiger partial charge on any atom is 0.490 e. The number of hydrogen-bond donors (Lipinski definition) is 3. The van der Waals surface area contributed by atoms with Crippen LogP contribution < -0.4 is 20.4 Å². The number of carboxylic acids is 1. The predicted octanol–water partition coefficient (Wildman–Crippen LogP) is 2.77. The minimum Gasteiger partial charge on any atom is -0.475 e. The minimum absolute atomic E-state index is 0.187. The fourth-order valence-electron chi connectivity index (χ4n) is 4.35.